The molecular weight excluding hydrogens is 426 g/mol. The molecule has 0 N–H and O–H groups in total. The predicted molar refractivity (Wildman–Crippen MR) is 134 cm³/mol. The monoisotopic (exact) mass is 458 g/mol. The molecule has 1 aliphatic carbocycles. The van der Waals surface area contributed by atoms with Crippen LogP contribution in [0.2, 0.25) is 0 Å². The minimum absolute atomic E-state index is 0.290. The van der Waals surface area contributed by atoms with E-state index in [1.807, 2.05) is 24.3 Å². The zero-order chi connectivity index (χ0) is 23.5. The van der Waals surface area contributed by atoms with Gasteiger partial charge in [0.1, 0.15) is 6.10 Å². The molecule has 5 rings (SSSR count). The van der Waals surface area contributed by atoms with Gasteiger partial charge in [0, 0.05) is 11.1 Å². The van der Waals surface area contributed by atoms with Gasteiger partial charge in [-0.2, -0.15) is 0 Å². The fourth-order valence-electron chi connectivity index (χ4n) is 5.14. The highest BCUT2D eigenvalue weighted by Gasteiger charge is 2.30. The van der Waals surface area contributed by atoms with Crippen LogP contribution in [0, 0.1) is 24.5 Å². The van der Waals surface area contributed by atoms with Crippen LogP contribution in [0.5, 0.6) is 0 Å². The summed E-state index contributed by atoms with van der Waals surface area (Å²) in [6, 6.07) is 20.1. The molecule has 1 atom stereocenters. The first-order chi connectivity index (χ1) is 16.6. The second-order valence-corrected chi connectivity index (χ2v) is 9.84. The molecule has 1 aliphatic heterocycles. The van der Waals surface area contributed by atoms with Crippen molar-refractivity contribution in [1.29, 1.82) is 0 Å². The molecule has 0 amide bonds. The number of allylic oxidation sites excluding steroid dienone is 2. The molecular formula is C31H32F2O. The summed E-state index contributed by atoms with van der Waals surface area (Å²) in [5.41, 5.74) is 5.34. The molecule has 3 aromatic rings. The lowest BCUT2D eigenvalue weighted by Gasteiger charge is -2.27. The average Bonchev–Trinajstić information content (AvgIpc) is 3.70. The van der Waals surface area contributed by atoms with Gasteiger partial charge in [0.15, 0.2) is 11.6 Å². The van der Waals surface area contributed by atoms with E-state index >= 15 is 0 Å². The van der Waals surface area contributed by atoms with Gasteiger partial charge in [0.25, 0.3) is 0 Å². The van der Waals surface area contributed by atoms with Crippen LogP contribution >= 0.6 is 0 Å². The van der Waals surface area contributed by atoms with E-state index in [1.54, 1.807) is 12.1 Å². The van der Waals surface area contributed by atoms with Gasteiger partial charge in [0.05, 0.1) is 6.61 Å². The Bertz CT molecular complexity index is 1140. The highest BCUT2D eigenvalue weighted by molar-refractivity contribution is 5.65. The number of aryl methyl sites for hydroxylation is 2. The van der Waals surface area contributed by atoms with Crippen LogP contribution in [0.1, 0.15) is 66.4 Å². The number of benzene rings is 3. The van der Waals surface area contributed by atoms with E-state index in [9.17, 15) is 8.78 Å². The van der Waals surface area contributed by atoms with E-state index in [0.29, 0.717) is 35.1 Å². The summed E-state index contributed by atoms with van der Waals surface area (Å²) in [6.07, 6.45) is 11.4. The Kier molecular flexibility index (Phi) is 6.92. The summed E-state index contributed by atoms with van der Waals surface area (Å²) in [5.74, 6) is -0.186. The Morgan fingerprint density at radius 2 is 1.56 bits per heavy atom. The summed E-state index contributed by atoms with van der Waals surface area (Å²) < 4.78 is 34.0. The average molecular weight is 459 g/mol. The topological polar surface area (TPSA) is 12.5 Å². The molecule has 1 saturated heterocycles. The predicted octanol–water partition coefficient (Wildman–Crippen LogP) is 8.47. The van der Waals surface area contributed by atoms with Gasteiger partial charge in [-0.3, -0.25) is 0 Å². The molecule has 3 heteroatoms. The molecule has 34 heavy (non-hydrogen) atoms. The van der Waals surface area contributed by atoms with Gasteiger partial charge in [-0.05, 0) is 74.0 Å². The molecule has 0 aromatic heterocycles. The standard InChI is InChI=1S/C31H32F2O/c1-21-6-12-24(13-7-21)25-14-8-22(9-15-25)4-2-3-5-23-10-16-26(17-11-23)27-18-19-28(29-20-34-29)31(33)30(27)32/h2,4,6-7,10-13,16-19,22,25,29H,3,5,8-9,14-15,20H2,1H3/b4-2+. The zero-order valence-corrected chi connectivity index (χ0v) is 19.8. The lowest BCUT2D eigenvalue weighted by molar-refractivity contribution is 0.375. The summed E-state index contributed by atoms with van der Waals surface area (Å²) in [4.78, 5) is 0. The van der Waals surface area contributed by atoms with Crippen LogP contribution in [0.25, 0.3) is 11.1 Å². The summed E-state index contributed by atoms with van der Waals surface area (Å²) in [5, 5.41) is 0. The number of hydrogen-bond acceptors (Lipinski definition) is 1. The Balaban J connectivity index is 1.10. The number of hydrogen-bond donors (Lipinski definition) is 0. The van der Waals surface area contributed by atoms with Crippen LogP contribution < -0.4 is 0 Å². The van der Waals surface area contributed by atoms with Crippen molar-refractivity contribution in [1.82, 2.24) is 0 Å². The molecule has 1 heterocycles. The third-order valence-electron chi connectivity index (χ3n) is 7.39. The minimum Gasteiger partial charge on any atom is -0.368 e. The molecule has 1 saturated carbocycles. The lowest BCUT2D eigenvalue weighted by atomic mass is 9.78. The van der Waals surface area contributed by atoms with Crippen molar-refractivity contribution in [3.05, 3.63) is 107 Å². The minimum atomic E-state index is -0.791. The third kappa shape index (κ3) is 5.31. The molecule has 1 unspecified atom stereocenters. The quantitative estimate of drug-likeness (QED) is 0.255. The fraction of sp³-hybridized carbons (Fsp3) is 0.355. The van der Waals surface area contributed by atoms with E-state index in [2.05, 4.69) is 43.3 Å². The van der Waals surface area contributed by atoms with E-state index in [1.165, 1.54) is 42.4 Å². The van der Waals surface area contributed by atoms with Gasteiger partial charge in [-0.1, -0.05) is 78.4 Å². The second-order valence-electron chi connectivity index (χ2n) is 9.84. The van der Waals surface area contributed by atoms with Gasteiger partial charge < -0.3 is 4.74 Å². The molecule has 0 radical (unpaired) electrons. The van der Waals surface area contributed by atoms with E-state index in [4.69, 9.17) is 4.74 Å². The van der Waals surface area contributed by atoms with E-state index in [-0.39, 0.29) is 6.10 Å². The number of rotatable bonds is 7. The van der Waals surface area contributed by atoms with Crippen molar-refractivity contribution in [2.75, 3.05) is 6.61 Å². The van der Waals surface area contributed by atoms with Gasteiger partial charge in [0.2, 0.25) is 0 Å². The Hall–Kier alpha value is -2.78. The molecule has 3 aromatic carbocycles. The van der Waals surface area contributed by atoms with E-state index < -0.39 is 11.6 Å². The number of halogens is 2. The SMILES string of the molecule is Cc1ccc(C2CCC(/C=C/CCc3ccc(-c4ccc(C5CO5)c(F)c4F)cc3)CC2)cc1. The van der Waals surface area contributed by atoms with Crippen molar-refractivity contribution >= 4 is 0 Å². The highest BCUT2D eigenvalue weighted by Crippen LogP contribution is 2.37. The summed E-state index contributed by atoms with van der Waals surface area (Å²) in [6.45, 7) is 2.61. The first kappa shape index (κ1) is 23.0. The Morgan fingerprint density at radius 3 is 2.24 bits per heavy atom. The zero-order valence-electron chi connectivity index (χ0n) is 19.8. The third-order valence-corrected chi connectivity index (χ3v) is 7.39. The molecule has 0 bridgehead atoms. The smallest absolute Gasteiger partial charge is 0.167 e. The maximum absolute atomic E-state index is 14.6. The molecule has 2 aliphatic rings. The van der Waals surface area contributed by atoms with Crippen LogP contribution in [0.15, 0.2) is 72.8 Å². The highest BCUT2D eigenvalue weighted by atomic mass is 19.2. The van der Waals surface area contributed by atoms with Crippen LogP contribution in [0.3, 0.4) is 0 Å². The molecule has 1 nitrogen and oxygen atoms in total. The van der Waals surface area contributed by atoms with Crippen LogP contribution in [-0.4, -0.2) is 6.61 Å². The van der Waals surface area contributed by atoms with Crippen molar-refractivity contribution in [3.63, 3.8) is 0 Å². The lowest BCUT2D eigenvalue weighted by Crippen LogP contribution is -2.11. The van der Waals surface area contributed by atoms with Crippen molar-refractivity contribution in [2.45, 2.75) is 57.5 Å². The van der Waals surface area contributed by atoms with Crippen molar-refractivity contribution < 1.29 is 13.5 Å². The molecule has 0 spiro atoms. The van der Waals surface area contributed by atoms with Crippen molar-refractivity contribution in [2.24, 2.45) is 5.92 Å². The maximum Gasteiger partial charge on any atom is 0.167 e. The van der Waals surface area contributed by atoms with E-state index in [0.717, 1.165) is 12.8 Å². The van der Waals surface area contributed by atoms with Gasteiger partial charge in [-0.25, -0.2) is 8.78 Å². The fourth-order valence-corrected chi connectivity index (χ4v) is 5.14. The first-order valence-electron chi connectivity index (χ1n) is 12.5. The number of ether oxygens (including phenoxy) is 1. The van der Waals surface area contributed by atoms with Crippen LogP contribution in [-0.2, 0) is 11.2 Å². The molecule has 2 fully saturated rings. The summed E-state index contributed by atoms with van der Waals surface area (Å²) in [7, 11) is 0. The van der Waals surface area contributed by atoms with Crippen LogP contribution in [0.4, 0.5) is 8.78 Å². The normalized spacial score (nSPS) is 22.3. The van der Waals surface area contributed by atoms with Crippen molar-refractivity contribution in [3.8, 4) is 11.1 Å². The second kappa shape index (κ2) is 10.2. The Morgan fingerprint density at radius 1 is 0.853 bits per heavy atom. The molecule has 176 valence electrons. The summed E-state index contributed by atoms with van der Waals surface area (Å²) >= 11 is 0. The Labute approximate surface area is 201 Å². The van der Waals surface area contributed by atoms with Gasteiger partial charge in [-0.15, -0.1) is 0 Å². The number of epoxide rings is 1. The first-order valence-corrected chi connectivity index (χ1v) is 12.5. The van der Waals surface area contributed by atoms with Gasteiger partial charge >= 0.3 is 0 Å². The maximum atomic E-state index is 14.6. The largest absolute Gasteiger partial charge is 0.368 e.